The van der Waals surface area contributed by atoms with E-state index in [1.54, 1.807) is 0 Å². The van der Waals surface area contributed by atoms with Crippen LogP contribution in [0.5, 0.6) is 0 Å². The zero-order chi connectivity index (χ0) is 13.0. The van der Waals surface area contributed by atoms with E-state index < -0.39 is 0 Å². The van der Waals surface area contributed by atoms with Crippen molar-refractivity contribution in [2.75, 3.05) is 6.54 Å². The van der Waals surface area contributed by atoms with E-state index in [4.69, 9.17) is 5.73 Å². The standard InChI is InChI=1S/C15H25N3/c1-3-13-8-5-7-11-18(13)15(12(2)16)14-9-4-6-10-17-14/h4,6,9-10,12-13,15H,3,5,7-8,11,16H2,1-2H3. The van der Waals surface area contributed by atoms with Gasteiger partial charge in [-0.25, -0.2) is 0 Å². The second-order valence-corrected chi connectivity index (χ2v) is 5.35. The molecule has 2 heterocycles. The minimum atomic E-state index is 0.118. The summed E-state index contributed by atoms with van der Waals surface area (Å²) in [4.78, 5) is 7.10. The van der Waals surface area contributed by atoms with Gasteiger partial charge in [0.2, 0.25) is 0 Å². The Bertz CT molecular complexity index is 350. The van der Waals surface area contributed by atoms with Crippen LogP contribution in [0.3, 0.4) is 0 Å². The van der Waals surface area contributed by atoms with Gasteiger partial charge in [-0.3, -0.25) is 9.88 Å². The summed E-state index contributed by atoms with van der Waals surface area (Å²) in [6.07, 6.45) is 7.01. The average molecular weight is 247 g/mol. The molecule has 1 saturated heterocycles. The van der Waals surface area contributed by atoms with Crippen LogP contribution in [0.2, 0.25) is 0 Å². The monoisotopic (exact) mass is 247 g/mol. The van der Waals surface area contributed by atoms with Gasteiger partial charge in [-0.05, 0) is 44.9 Å². The van der Waals surface area contributed by atoms with E-state index in [1.807, 2.05) is 12.3 Å². The first-order valence-electron chi connectivity index (χ1n) is 7.16. The molecule has 0 saturated carbocycles. The van der Waals surface area contributed by atoms with Gasteiger partial charge in [0.1, 0.15) is 0 Å². The number of hydrogen-bond donors (Lipinski definition) is 1. The molecular formula is C15H25N3. The van der Waals surface area contributed by atoms with Crippen molar-refractivity contribution in [1.29, 1.82) is 0 Å². The number of nitrogens with zero attached hydrogens (tertiary/aromatic N) is 2. The SMILES string of the molecule is CCC1CCCCN1C(c1ccccn1)C(C)N. The van der Waals surface area contributed by atoms with Crippen molar-refractivity contribution in [3.63, 3.8) is 0 Å². The Morgan fingerprint density at radius 3 is 2.89 bits per heavy atom. The fraction of sp³-hybridized carbons (Fsp3) is 0.667. The van der Waals surface area contributed by atoms with E-state index in [0.29, 0.717) is 6.04 Å². The van der Waals surface area contributed by atoms with Crippen molar-refractivity contribution >= 4 is 0 Å². The Labute approximate surface area is 110 Å². The van der Waals surface area contributed by atoms with Crippen LogP contribution in [0.4, 0.5) is 0 Å². The summed E-state index contributed by atoms with van der Waals surface area (Å²) in [6, 6.07) is 7.17. The summed E-state index contributed by atoms with van der Waals surface area (Å²) in [5.74, 6) is 0. The van der Waals surface area contributed by atoms with Crippen LogP contribution in [0.1, 0.15) is 51.3 Å². The molecule has 0 aliphatic carbocycles. The lowest BCUT2D eigenvalue weighted by Gasteiger charge is -2.42. The third-order valence-electron chi connectivity index (χ3n) is 3.99. The van der Waals surface area contributed by atoms with Crippen LogP contribution in [-0.4, -0.2) is 28.5 Å². The van der Waals surface area contributed by atoms with Gasteiger partial charge in [0.15, 0.2) is 0 Å². The van der Waals surface area contributed by atoms with Crippen LogP contribution < -0.4 is 5.73 Å². The van der Waals surface area contributed by atoms with Crippen LogP contribution in [-0.2, 0) is 0 Å². The lowest BCUT2D eigenvalue weighted by atomic mass is 9.94. The highest BCUT2D eigenvalue weighted by Gasteiger charge is 2.31. The molecule has 1 aliphatic rings. The molecule has 1 aromatic rings. The molecular weight excluding hydrogens is 222 g/mol. The molecule has 1 aliphatic heterocycles. The van der Waals surface area contributed by atoms with Crippen LogP contribution >= 0.6 is 0 Å². The van der Waals surface area contributed by atoms with Crippen molar-refractivity contribution in [2.45, 2.75) is 57.7 Å². The third-order valence-corrected chi connectivity index (χ3v) is 3.99. The number of likely N-dealkylation sites (tertiary alicyclic amines) is 1. The second kappa shape index (κ2) is 6.30. The Kier molecular flexibility index (Phi) is 4.72. The summed E-state index contributed by atoms with van der Waals surface area (Å²) in [5.41, 5.74) is 7.35. The largest absolute Gasteiger partial charge is 0.326 e. The molecule has 3 heteroatoms. The summed E-state index contributed by atoms with van der Waals surface area (Å²) in [6.45, 7) is 5.53. The quantitative estimate of drug-likeness (QED) is 0.889. The van der Waals surface area contributed by atoms with E-state index in [1.165, 1.54) is 25.7 Å². The van der Waals surface area contributed by atoms with E-state index >= 15 is 0 Å². The topological polar surface area (TPSA) is 42.2 Å². The van der Waals surface area contributed by atoms with Crippen molar-refractivity contribution in [3.05, 3.63) is 30.1 Å². The van der Waals surface area contributed by atoms with E-state index in [2.05, 4.69) is 35.9 Å². The maximum atomic E-state index is 6.23. The molecule has 1 aromatic heterocycles. The molecule has 18 heavy (non-hydrogen) atoms. The highest BCUT2D eigenvalue weighted by Crippen LogP contribution is 2.30. The van der Waals surface area contributed by atoms with Crippen LogP contribution in [0, 0.1) is 0 Å². The molecule has 2 rings (SSSR count). The fourth-order valence-electron chi connectivity index (χ4n) is 3.12. The average Bonchev–Trinajstić information content (AvgIpc) is 2.40. The second-order valence-electron chi connectivity index (χ2n) is 5.35. The number of aromatic nitrogens is 1. The highest BCUT2D eigenvalue weighted by molar-refractivity contribution is 5.12. The number of nitrogens with two attached hydrogens (primary N) is 1. The Morgan fingerprint density at radius 1 is 1.44 bits per heavy atom. The maximum absolute atomic E-state index is 6.23. The molecule has 0 bridgehead atoms. The van der Waals surface area contributed by atoms with Gasteiger partial charge in [0.05, 0.1) is 11.7 Å². The minimum absolute atomic E-state index is 0.118. The van der Waals surface area contributed by atoms with E-state index in [9.17, 15) is 0 Å². The minimum Gasteiger partial charge on any atom is -0.326 e. The van der Waals surface area contributed by atoms with Crippen LogP contribution in [0.25, 0.3) is 0 Å². The molecule has 0 spiro atoms. The van der Waals surface area contributed by atoms with Crippen molar-refractivity contribution in [1.82, 2.24) is 9.88 Å². The zero-order valence-electron chi connectivity index (χ0n) is 11.5. The first-order chi connectivity index (χ1) is 8.74. The van der Waals surface area contributed by atoms with Gasteiger partial charge in [-0.15, -0.1) is 0 Å². The lowest BCUT2D eigenvalue weighted by molar-refractivity contribution is 0.0775. The maximum Gasteiger partial charge on any atom is 0.0673 e. The molecule has 1 fully saturated rings. The molecule has 100 valence electrons. The molecule has 3 unspecified atom stereocenters. The van der Waals surface area contributed by atoms with Gasteiger partial charge in [0.25, 0.3) is 0 Å². The Hall–Kier alpha value is -0.930. The lowest BCUT2D eigenvalue weighted by Crippen LogP contribution is -2.47. The van der Waals surface area contributed by atoms with E-state index in [0.717, 1.165) is 12.2 Å². The smallest absolute Gasteiger partial charge is 0.0673 e. The number of piperidine rings is 1. The number of hydrogen-bond acceptors (Lipinski definition) is 3. The van der Waals surface area contributed by atoms with Crippen molar-refractivity contribution in [2.24, 2.45) is 5.73 Å². The van der Waals surface area contributed by atoms with Gasteiger partial charge >= 0.3 is 0 Å². The molecule has 3 atom stereocenters. The predicted molar refractivity (Wildman–Crippen MR) is 75.3 cm³/mol. The summed E-state index contributed by atoms with van der Waals surface area (Å²) in [7, 11) is 0. The molecule has 0 amide bonds. The molecule has 0 radical (unpaired) electrons. The number of rotatable bonds is 4. The Balaban J connectivity index is 2.24. The third kappa shape index (κ3) is 2.90. The summed E-state index contributed by atoms with van der Waals surface area (Å²) >= 11 is 0. The zero-order valence-corrected chi connectivity index (χ0v) is 11.5. The van der Waals surface area contributed by atoms with Gasteiger partial charge in [-0.2, -0.15) is 0 Å². The van der Waals surface area contributed by atoms with Gasteiger partial charge in [0, 0.05) is 18.3 Å². The van der Waals surface area contributed by atoms with Gasteiger partial charge < -0.3 is 5.73 Å². The van der Waals surface area contributed by atoms with Gasteiger partial charge in [-0.1, -0.05) is 19.4 Å². The summed E-state index contributed by atoms with van der Waals surface area (Å²) in [5, 5.41) is 0. The molecule has 0 aromatic carbocycles. The predicted octanol–water partition coefficient (Wildman–Crippen LogP) is 2.73. The summed E-state index contributed by atoms with van der Waals surface area (Å²) < 4.78 is 0. The van der Waals surface area contributed by atoms with Crippen LogP contribution in [0.15, 0.2) is 24.4 Å². The number of pyridine rings is 1. The first kappa shape index (κ1) is 13.5. The van der Waals surface area contributed by atoms with Crippen molar-refractivity contribution in [3.8, 4) is 0 Å². The molecule has 2 N–H and O–H groups in total. The van der Waals surface area contributed by atoms with E-state index in [-0.39, 0.29) is 12.1 Å². The first-order valence-corrected chi connectivity index (χ1v) is 7.16. The normalized spacial score (nSPS) is 24.7. The fourth-order valence-corrected chi connectivity index (χ4v) is 3.12. The Morgan fingerprint density at radius 2 is 2.28 bits per heavy atom. The highest BCUT2D eigenvalue weighted by atomic mass is 15.2. The molecule has 3 nitrogen and oxygen atoms in total. The van der Waals surface area contributed by atoms with Crippen molar-refractivity contribution < 1.29 is 0 Å².